The molecule has 0 saturated carbocycles. The van der Waals surface area contributed by atoms with Gasteiger partial charge in [-0.05, 0) is 109 Å². The third-order valence-corrected chi connectivity index (χ3v) is 16.0. The Morgan fingerprint density at radius 3 is 1.17 bits per heavy atom. The molecule has 10 heteroatoms. The molecule has 0 rings (SSSR count). The Balaban J connectivity index is 5.12. The van der Waals surface area contributed by atoms with Crippen LogP contribution in [0.15, 0.2) is 97.2 Å². The minimum Gasteiger partial charge on any atom is -0.456 e. The van der Waals surface area contributed by atoms with Gasteiger partial charge in [-0.3, -0.25) is 18.6 Å². The molecule has 83 heavy (non-hydrogen) atoms. The average Bonchev–Trinajstić information content (AvgIpc) is 3.51. The van der Waals surface area contributed by atoms with E-state index in [4.69, 9.17) is 13.8 Å². The van der Waals surface area contributed by atoms with Crippen LogP contribution in [0.25, 0.3) is 0 Å². The number of esters is 1. The van der Waals surface area contributed by atoms with Crippen molar-refractivity contribution in [3.05, 3.63) is 97.2 Å². The molecular weight excluding hydrogens is 1050 g/mol. The zero-order valence-corrected chi connectivity index (χ0v) is 55.8. The Morgan fingerprint density at radius 2 is 0.771 bits per heavy atom. The van der Waals surface area contributed by atoms with E-state index in [9.17, 15) is 19.0 Å². The van der Waals surface area contributed by atoms with Crippen molar-refractivity contribution in [3.63, 3.8) is 0 Å². The molecule has 1 amide bonds. The van der Waals surface area contributed by atoms with Crippen molar-refractivity contribution in [2.75, 3.05) is 40.9 Å². The van der Waals surface area contributed by atoms with E-state index < -0.39 is 20.0 Å². The van der Waals surface area contributed by atoms with Gasteiger partial charge in [0.25, 0.3) is 0 Å². The maximum Gasteiger partial charge on any atom is 0.472 e. The summed E-state index contributed by atoms with van der Waals surface area (Å²) in [6.07, 6.45) is 84.2. The van der Waals surface area contributed by atoms with Gasteiger partial charge in [-0.15, -0.1) is 0 Å². The summed E-state index contributed by atoms with van der Waals surface area (Å²) in [4.78, 5) is 37.8. The van der Waals surface area contributed by atoms with Gasteiger partial charge in [-0.2, -0.15) is 0 Å². The fraction of sp³-hybridized carbons (Fsp3) is 0.753. The number of likely N-dealkylation sites (N-methyl/N-ethyl adjacent to an activating group) is 1. The van der Waals surface area contributed by atoms with E-state index in [0.717, 1.165) is 103 Å². The summed E-state index contributed by atoms with van der Waals surface area (Å²) in [7, 11) is 1.47. The van der Waals surface area contributed by atoms with Gasteiger partial charge in [0.1, 0.15) is 19.3 Å². The molecule has 0 spiro atoms. The average molecular weight is 1180 g/mol. The number of quaternary nitrogens is 1. The van der Waals surface area contributed by atoms with Crippen LogP contribution in [-0.4, -0.2) is 74.3 Å². The lowest BCUT2D eigenvalue weighted by Crippen LogP contribution is -2.47. The SMILES string of the molecule is CC/C=C\C/C=C\C/C=C\C/C=C\C/C=C\C/C=C\CCCCCCC(=O)NC(COP(=O)(O)OCC[N+](C)(C)C)C(/C=C/CCCCCCCCCCC)OC(=O)CCCCCCCCCCCCCCC/C=C/CCCCCCCC. The highest BCUT2D eigenvalue weighted by molar-refractivity contribution is 7.47. The second kappa shape index (κ2) is 62.0. The first-order valence-corrected chi connectivity index (χ1v) is 36.1. The van der Waals surface area contributed by atoms with Gasteiger partial charge in [0, 0.05) is 12.8 Å². The lowest BCUT2D eigenvalue weighted by molar-refractivity contribution is -0.870. The minimum absolute atomic E-state index is 0.0312. The van der Waals surface area contributed by atoms with Crippen LogP contribution in [0.1, 0.15) is 303 Å². The molecule has 0 bridgehead atoms. The molecule has 3 unspecified atom stereocenters. The van der Waals surface area contributed by atoms with E-state index in [1.165, 1.54) is 161 Å². The summed E-state index contributed by atoms with van der Waals surface area (Å²) in [6.45, 7) is 6.89. The van der Waals surface area contributed by atoms with E-state index in [1.54, 1.807) is 0 Å². The van der Waals surface area contributed by atoms with Crippen LogP contribution in [0.2, 0.25) is 0 Å². The number of ether oxygens (including phenoxy) is 1. The van der Waals surface area contributed by atoms with Crippen molar-refractivity contribution < 1.29 is 37.3 Å². The normalized spacial score (nSPS) is 14.2. The third kappa shape index (κ3) is 63.3. The van der Waals surface area contributed by atoms with Gasteiger partial charge in [0.15, 0.2) is 0 Å². The minimum atomic E-state index is -4.46. The number of hydrogen-bond donors (Lipinski definition) is 2. The number of nitrogens with zero attached hydrogens (tertiary/aromatic N) is 1. The van der Waals surface area contributed by atoms with Gasteiger partial charge >= 0.3 is 13.8 Å². The monoisotopic (exact) mass is 1180 g/mol. The van der Waals surface area contributed by atoms with Crippen molar-refractivity contribution >= 4 is 19.7 Å². The lowest BCUT2D eigenvalue weighted by Gasteiger charge is -2.27. The highest BCUT2D eigenvalue weighted by Crippen LogP contribution is 2.43. The number of phosphoric acid groups is 1. The maximum atomic E-state index is 13.6. The Labute approximate surface area is 513 Å². The summed E-state index contributed by atoms with van der Waals surface area (Å²) in [6, 6.07) is -0.867. The van der Waals surface area contributed by atoms with Crippen molar-refractivity contribution in [2.24, 2.45) is 0 Å². The molecule has 0 aromatic heterocycles. The van der Waals surface area contributed by atoms with Crippen LogP contribution >= 0.6 is 7.82 Å². The largest absolute Gasteiger partial charge is 0.472 e. The van der Waals surface area contributed by atoms with E-state index in [-0.39, 0.29) is 31.5 Å². The molecule has 0 heterocycles. The van der Waals surface area contributed by atoms with Gasteiger partial charge in [0.05, 0.1) is 33.8 Å². The number of unbranched alkanes of at least 4 members (excludes halogenated alkanes) is 32. The number of rotatable bonds is 62. The number of amides is 1. The van der Waals surface area contributed by atoms with Crippen LogP contribution in [0.4, 0.5) is 0 Å². The highest BCUT2D eigenvalue weighted by atomic mass is 31.2. The second-order valence-electron chi connectivity index (χ2n) is 24.3. The molecule has 0 aromatic rings. The van der Waals surface area contributed by atoms with Crippen molar-refractivity contribution in [3.8, 4) is 0 Å². The molecule has 0 aliphatic carbocycles. The number of carbonyl (C=O) groups is 2. The number of nitrogens with one attached hydrogen (secondary N) is 1. The van der Waals surface area contributed by atoms with E-state index >= 15 is 0 Å². The molecule has 0 radical (unpaired) electrons. The van der Waals surface area contributed by atoms with Crippen molar-refractivity contribution in [2.45, 2.75) is 315 Å². The number of phosphoric ester groups is 1. The van der Waals surface area contributed by atoms with E-state index in [0.29, 0.717) is 23.9 Å². The van der Waals surface area contributed by atoms with Crippen LogP contribution in [-0.2, 0) is 27.9 Å². The van der Waals surface area contributed by atoms with Gasteiger partial charge < -0.3 is 19.4 Å². The summed E-state index contributed by atoms with van der Waals surface area (Å²) < 4.78 is 30.8. The predicted octanol–water partition coefficient (Wildman–Crippen LogP) is 21.9. The van der Waals surface area contributed by atoms with Gasteiger partial charge in [0.2, 0.25) is 5.91 Å². The third-order valence-electron chi connectivity index (χ3n) is 15.0. The quantitative estimate of drug-likeness (QED) is 0.0205. The predicted molar refractivity (Wildman–Crippen MR) is 360 cm³/mol. The molecule has 0 saturated heterocycles. The smallest absolute Gasteiger partial charge is 0.456 e. The summed E-state index contributed by atoms with van der Waals surface area (Å²) >= 11 is 0. The van der Waals surface area contributed by atoms with Crippen LogP contribution in [0.5, 0.6) is 0 Å². The fourth-order valence-corrected chi connectivity index (χ4v) is 10.4. The van der Waals surface area contributed by atoms with Crippen molar-refractivity contribution in [1.82, 2.24) is 5.32 Å². The summed E-state index contributed by atoms with van der Waals surface area (Å²) in [5, 5.41) is 3.05. The maximum absolute atomic E-state index is 13.6. The van der Waals surface area contributed by atoms with Crippen LogP contribution < -0.4 is 5.32 Å². The highest BCUT2D eigenvalue weighted by Gasteiger charge is 2.30. The number of hydrogen-bond acceptors (Lipinski definition) is 6. The first-order valence-electron chi connectivity index (χ1n) is 34.6. The van der Waals surface area contributed by atoms with E-state index in [1.807, 2.05) is 33.3 Å². The van der Waals surface area contributed by atoms with E-state index in [2.05, 4.69) is 111 Å². The standard InChI is InChI=1S/C73H131N2O7P/c1-7-10-13-16-19-22-25-27-29-31-33-35-37-39-41-43-45-47-50-53-56-59-62-65-72(76)74-70(69-81-83(78,79)80-68-67-75(4,5)6)71(64-61-58-55-52-49-24-21-18-15-12-9-3)82-73(77)66-63-60-57-54-51-48-46-44-42-40-38-36-34-32-30-28-26-23-20-17-14-11-8-2/h10,13,19,22,27-30,33,35,39,41,45,47,61,64,70-71H,7-9,11-12,14-18,20-21,23-26,31-32,34,36-38,40,42-44,46,48-60,62-63,65-69H2,1-6H3,(H-,74,76,78,79)/p+1/b13-10-,22-19-,29-27-,30-28+,35-33-,41-39-,47-45-,64-61+. The molecule has 0 aliphatic heterocycles. The molecule has 480 valence electrons. The second-order valence-corrected chi connectivity index (χ2v) is 25.8. The van der Waals surface area contributed by atoms with Gasteiger partial charge in [-0.25, -0.2) is 4.57 Å². The zero-order chi connectivity index (χ0) is 60.7. The first-order chi connectivity index (χ1) is 40.4. The lowest BCUT2D eigenvalue weighted by atomic mass is 10.0. The number of carbonyl (C=O) groups excluding carboxylic acids is 2. The Morgan fingerprint density at radius 1 is 0.434 bits per heavy atom. The van der Waals surface area contributed by atoms with Crippen molar-refractivity contribution in [1.29, 1.82) is 0 Å². The molecule has 0 aliphatic rings. The molecule has 3 atom stereocenters. The molecular formula is C73H132N2O7P+. The van der Waals surface area contributed by atoms with Gasteiger partial charge in [-0.1, -0.05) is 279 Å². The molecule has 0 aromatic carbocycles. The summed E-state index contributed by atoms with van der Waals surface area (Å²) in [5.74, 6) is -0.532. The molecule has 9 nitrogen and oxygen atoms in total. The number of allylic oxidation sites excluding steroid dienone is 15. The van der Waals surface area contributed by atoms with Crippen LogP contribution in [0, 0.1) is 0 Å². The Bertz CT molecular complexity index is 1740. The Hall–Kier alpha value is -3.07. The zero-order valence-electron chi connectivity index (χ0n) is 54.9. The fourth-order valence-electron chi connectivity index (χ4n) is 9.70. The molecule has 2 N–H and O–H groups in total. The topological polar surface area (TPSA) is 111 Å². The first kappa shape index (κ1) is 79.9. The van der Waals surface area contributed by atoms with Crippen LogP contribution in [0.3, 0.4) is 0 Å². The Kier molecular flexibility index (Phi) is 59.7. The summed E-state index contributed by atoms with van der Waals surface area (Å²) in [5.41, 5.74) is 0. The molecule has 0 fully saturated rings.